The minimum Gasteiger partial charge on any atom is -0.225 e. The van der Waals surface area contributed by atoms with Gasteiger partial charge in [0.05, 0.1) is 16.0 Å². The van der Waals surface area contributed by atoms with Crippen LogP contribution in [0, 0.1) is 0 Å². The lowest BCUT2D eigenvalue weighted by Gasteiger charge is -2.18. The van der Waals surface area contributed by atoms with Crippen LogP contribution < -0.4 is 5.14 Å². The quantitative estimate of drug-likeness (QED) is 0.771. The van der Waals surface area contributed by atoms with Crippen LogP contribution >= 0.6 is 15.9 Å². The van der Waals surface area contributed by atoms with Crippen molar-refractivity contribution in [1.82, 2.24) is 0 Å². The summed E-state index contributed by atoms with van der Waals surface area (Å²) in [5, 5.41) is 4.60. The van der Waals surface area contributed by atoms with Crippen molar-refractivity contribution in [2.45, 2.75) is 17.2 Å². The number of alkyl halides is 6. The van der Waals surface area contributed by atoms with Gasteiger partial charge in [-0.2, -0.15) is 26.3 Å². The molecule has 0 saturated carbocycles. The van der Waals surface area contributed by atoms with Crippen LogP contribution in [0.1, 0.15) is 11.1 Å². The van der Waals surface area contributed by atoms with E-state index in [1.807, 2.05) is 0 Å². The summed E-state index contributed by atoms with van der Waals surface area (Å²) in [4.78, 5) is -1.07. The molecule has 0 aliphatic carbocycles. The van der Waals surface area contributed by atoms with Crippen LogP contribution in [0.15, 0.2) is 21.5 Å². The number of hydrogen-bond donors (Lipinski definition) is 1. The summed E-state index contributed by atoms with van der Waals surface area (Å²) in [7, 11) is -4.57. The molecule has 0 aromatic heterocycles. The van der Waals surface area contributed by atoms with Gasteiger partial charge in [0.25, 0.3) is 0 Å². The number of halogens is 7. The van der Waals surface area contributed by atoms with Gasteiger partial charge in [-0.05, 0) is 12.1 Å². The molecule has 0 bridgehead atoms. The molecule has 0 radical (unpaired) electrons. The molecular weight excluding hydrogens is 368 g/mol. The zero-order valence-corrected chi connectivity index (χ0v) is 11.0. The molecular formula is C8H4BrF6NO2S. The average molecular weight is 372 g/mol. The van der Waals surface area contributed by atoms with E-state index in [0.29, 0.717) is 6.07 Å². The van der Waals surface area contributed by atoms with E-state index < -0.39 is 42.9 Å². The van der Waals surface area contributed by atoms with Crippen molar-refractivity contribution in [3.8, 4) is 0 Å². The molecule has 1 aromatic carbocycles. The molecule has 0 amide bonds. The van der Waals surface area contributed by atoms with Gasteiger partial charge >= 0.3 is 12.4 Å². The maximum absolute atomic E-state index is 12.6. The van der Waals surface area contributed by atoms with E-state index in [4.69, 9.17) is 0 Å². The van der Waals surface area contributed by atoms with Crippen LogP contribution in [0.2, 0.25) is 0 Å². The molecule has 19 heavy (non-hydrogen) atoms. The monoisotopic (exact) mass is 371 g/mol. The van der Waals surface area contributed by atoms with Crippen molar-refractivity contribution in [3.63, 3.8) is 0 Å². The lowest BCUT2D eigenvalue weighted by atomic mass is 10.1. The highest BCUT2D eigenvalue weighted by atomic mass is 79.9. The molecule has 3 nitrogen and oxygen atoms in total. The summed E-state index contributed by atoms with van der Waals surface area (Å²) < 4.78 is 96.2. The largest absolute Gasteiger partial charge is 0.418 e. The molecule has 0 atom stereocenters. The summed E-state index contributed by atoms with van der Waals surface area (Å²) in [6.07, 6.45) is -10.7. The molecule has 0 aliphatic rings. The molecule has 0 saturated heterocycles. The van der Waals surface area contributed by atoms with Gasteiger partial charge in [-0.15, -0.1) is 0 Å². The van der Waals surface area contributed by atoms with Gasteiger partial charge < -0.3 is 0 Å². The highest BCUT2D eigenvalue weighted by Gasteiger charge is 2.45. The minimum atomic E-state index is -5.38. The third-order valence-corrected chi connectivity index (χ3v) is 3.50. The maximum atomic E-state index is 12.6. The van der Waals surface area contributed by atoms with Crippen molar-refractivity contribution in [1.29, 1.82) is 0 Å². The van der Waals surface area contributed by atoms with E-state index >= 15 is 0 Å². The number of primary sulfonamides is 1. The summed E-state index contributed by atoms with van der Waals surface area (Å²) in [6, 6.07) is 0.219. The van der Waals surface area contributed by atoms with Gasteiger partial charge in [0.1, 0.15) is 0 Å². The summed E-state index contributed by atoms with van der Waals surface area (Å²) in [6.45, 7) is 0. The van der Waals surface area contributed by atoms with Crippen LogP contribution in [0.4, 0.5) is 26.3 Å². The Bertz CT molecular complexity index is 607. The number of rotatable bonds is 1. The van der Waals surface area contributed by atoms with Crippen molar-refractivity contribution < 1.29 is 34.8 Å². The Morgan fingerprint density at radius 3 is 1.79 bits per heavy atom. The molecule has 1 aromatic rings. The van der Waals surface area contributed by atoms with Crippen molar-refractivity contribution in [3.05, 3.63) is 27.7 Å². The minimum absolute atomic E-state index is 0.150. The normalized spacial score (nSPS) is 13.7. The van der Waals surface area contributed by atoms with E-state index in [1.165, 1.54) is 0 Å². The molecule has 0 heterocycles. The van der Waals surface area contributed by atoms with E-state index in [2.05, 4.69) is 21.1 Å². The summed E-state index contributed by atoms with van der Waals surface area (Å²) in [5.41, 5.74) is -4.13. The predicted molar refractivity (Wildman–Crippen MR) is 55.5 cm³/mol. The van der Waals surface area contributed by atoms with Gasteiger partial charge in [0.15, 0.2) is 0 Å². The smallest absolute Gasteiger partial charge is 0.225 e. The van der Waals surface area contributed by atoms with Crippen molar-refractivity contribution in [2.24, 2.45) is 5.14 Å². The first-order chi connectivity index (χ1) is 8.24. The van der Waals surface area contributed by atoms with Crippen LogP contribution in [0.25, 0.3) is 0 Å². The standard InChI is InChI=1S/C8H4BrF6NO2S/c9-5-2-3(19(16,17)18)1-4(7(10,11)12)6(5)8(13,14)15/h1-2H,(H2,16,17,18). The number of nitrogens with two attached hydrogens (primary N) is 1. The van der Waals surface area contributed by atoms with Gasteiger partial charge in [-0.1, -0.05) is 15.9 Å². The van der Waals surface area contributed by atoms with Crippen LogP contribution in [0.3, 0.4) is 0 Å². The first-order valence-electron chi connectivity index (χ1n) is 4.25. The maximum Gasteiger partial charge on any atom is 0.418 e. The van der Waals surface area contributed by atoms with E-state index in [-0.39, 0.29) is 6.07 Å². The first-order valence-corrected chi connectivity index (χ1v) is 6.59. The lowest BCUT2D eigenvalue weighted by molar-refractivity contribution is -0.162. The average Bonchev–Trinajstić information content (AvgIpc) is 2.11. The van der Waals surface area contributed by atoms with Crippen LogP contribution in [0.5, 0.6) is 0 Å². The number of sulfonamides is 1. The van der Waals surface area contributed by atoms with Gasteiger partial charge in [0, 0.05) is 4.47 Å². The highest BCUT2D eigenvalue weighted by molar-refractivity contribution is 9.10. The second kappa shape index (κ2) is 4.63. The Morgan fingerprint density at radius 2 is 1.47 bits per heavy atom. The molecule has 0 spiro atoms. The van der Waals surface area contributed by atoms with E-state index in [0.717, 1.165) is 0 Å². The van der Waals surface area contributed by atoms with Gasteiger partial charge in [-0.3, -0.25) is 0 Å². The molecule has 0 unspecified atom stereocenters. The zero-order chi connectivity index (χ0) is 15.2. The van der Waals surface area contributed by atoms with Crippen LogP contribution in [-0.2, 0) is 22.4 Å². The SMILES string of the molecule is NS(=O)(=O)c1cc(Br)c(C(F)(F)F)c(C(F)(F)F)c1. The Labute approximate surface area is 111 Å². The third kappa shape index (κ3) is 3.60. The van der Waals surface area contributed by atoms with E-state index in [9.17, 15) is 34.8 Å². The molecule has 1 rings (SSSR count). The second-order valence-electron chi connectivity index (χ2n) is 3.37. The fourth-order valence-corrected chi connectivity index (χ4v) is 2.66. The Morgan fingerprint density at radius 1 is 1.00 bits per heavy atom. The summed E-state index contributed by atoms with van der Waals surface area (Å²) >= 11 is 2.28. The highest BCUT2D eigenvalue weighted by Crippen LogP contribution is 2.44. The van der Waals surface area contributed by atoms with Crippen LogP contribution in [-0.4, -0.2) is 8.42 Å². The third-order valence-electron chi connectivity index (χ3n) is 1.98. The molecule has 0 aliphatic heterocycles. The Hall–Kier alpha value is -0.810. The fraction of sp³-hybridized carbons (Fsp3) is 0.250. The van der Waals surface area contributed by atoms with E-state index in [1.54, 1.807) is 0 Å². The first kappa shape index (κ1) is 16.2. The van der Waals surface area contributed by atoms with Gasteiger partial charge in [0.2, 0.25) is 10.0 Å². The predicted octanol–water partition coefficient (Wildman–Crippen LogP) is 3.13. The Kier molecular flexibility index (Phi) is 3.96. The molecule has 108 valence electrons. The van der Waals surface area contributed by atoms with Crippen molar-refractivity contribution in [2.75, 3.05) is 0 Å². The molecule has 11 heteroatoms. The number of benzene rings is 1. The fourth-order valence-electron chi connectivity index (χ4n) is 1.26. The van der Waals surface area contributed by atoms with Gasteiger partial charge in [-0.25, -0.2) is 13.6 Å². The zero-order valence-electron chi connectivity index (χ0n) is 8.60. The Balaban J connectivity index is 3.78. The second-order valence-corrected chi connectivity index (χ2v) is 5.78. The topological polar surface area (TPSA) is 60.2 Å². The summed E-state index contributed by atoms with van der Waals surface area (Å²) in [5.74, 6) is 0. The van der Waals surface area contributed by atoms with Crippen molar-refractivity contribution >= 4 is 26.0 Å². The lowest BCUT2D eigenvalue weighted by Crippen LogP contribution is -2.20. The molecule has 2 N–H and O–H groups in total. The number of hydrogen-bond acceptors (Lipinski definition) is 2. The molecule has 0 fully saturated rings.